The van der Waals surface area contributed by atoms with E-state index in [0.717, 1.165) is 27.1 Å². The highest BCUT2D eigenvalue weighted by Crippen LogP contribution is 2.24. The van der Waals surface area contributed by atoms with Gasteiger partial charge in [-0.3, -0.25) is 0 Å². The number of hydrogen-bond acceptors (Lipinski definition) is 2. The Morgan fingerprint density at radius 1 is 1.18 bits per heavy atom. The van der Waals surface area contributed by atoms with E-state index in [1.54, 1.807) is 0 Å². The molecule has 2 aromatic heterocycles. The summed E-state index contributed by atoms with van der Waals surface area (Å²) >= 11 is 3.49. The molecule has 0 spiro atoms. The number of rotatable bonds is 1. The maximum Gasteiger partial charge on any atom is 0.151 e. The van der Waals surface area contributed by atoms with Gasteiger partial charge in [0.1, 0.15) is 0 Å². The molecular formula is C13H10BrN3. The van der Waals surface area contributed by atoms with Gasteiger partial charge in [-0.1, -0.05) is 12.1 Å². The predicted octanol–water partition coefficient (Wildman–Crippen LogP) is 3.35. The lowest BCUT2D eigenvalue weighted by Crippen LogP contribution is -1.84. The topological polar surface area (TPSA) is 43.3 Å². The summed E-state index contributed by atoms with van der Waals surface area (Å²) in [7, 11) is 0. The molecule has 0 fully saturated rings. The van der Waals surface area contributed by atoms with Gasteiger partial charge in [0, 0.05) is 23.6 Å². The van der Waals surface area contributed by atoms with Crippen molar-refractivity contribution in [2.75, 3.05) is 5.73 Å². The van der Waals surface area contributed by atoms with Crippen molar-refractivity contribution in [2.45, 2.75) is 0 Å². The Morgan fingerprint density at radius 2 is 2.06 bits per heavy atom. The molecule has 0 amide bonds. The van der Waals surface area contributed by atoms with E-state index in [9.17, 15) is 0 Å². The average molecular weight is 288 g/mol. The molecule has 2 N–H and O–H groups in total. The minimum atomic E-state index is 0.749. The fourth-order valence-corrected chi connectivity index (χ4v) is 2.26. The van der Waals surface area contributed by atoms with E-state index < -0.39 is 0 Å². The third-order valence-corrected chi connectivity index (χ3v) is 3.24. The third-order valence-electron chi connectivity index (χ3n) is 2.62. The Kier molecular flexibility index (Phi) is 2.37. The molecule has 3 rings (SSSR count). The molecule has 0 atom stereocenters. The van der Waals surface area contributed by atoms with E-state index in [2.05, 4.69) is 20.9 Å². The molecule has 0 saturated carbocycles. The van der Waals surface area contributed by atoms with E-state index in [4.69, 9.17) is 5.73 Å². The molecule has 0 saturated heterocycles. The number of fused-ring (bicyclic) bond motifs is 1. The highest BCUT2D eigenvalue weighted by atomic mass is 79.9. The largest absolute Gasteiger partial charge is 0.399 e. The lowest BCUT2D eigenvalue weighted by Gasteiger charge is -1.96. The van der Waals surface area contributed by atoms with Crippen LogP contribution in [-0.2, 0) is 0 Å². The number of halogens is 1. The van der Waals surface area contributed by atoms with Crippen LogP contribution in [0.3, 0.4) is 0 Å². The van der Waals surface area contributed by atoms with E-state index in [1.807, 2.05) is 53.2 Å². The number of nitrogens with two attached hydrogens (primary N) is 1. The first-order valence-electron chi connectivity index (χ1n) is 5.23. The molecule has 3 aromatic rings. The van der Waals surface area contributed by atoms with Gasteiger partial charge in [0.05, 0.1) is 10.2 Å². The van der Waals surface area contributed by atoms with Gasteiger partial charge in [-0.05, 0) is 40.2 Å². The van der Waals surface area contributed by atoms with Crippen LogP contribution in [-0.4, -0.2) is 9.38 Å². The number of nitrogens with zero attached hydrogens (tertiary/aromatic N) is 2. The normalized spacial score (nSPS) is 10.9. The zero-order valence-corrected chi connectivity index (χ0v) is 10.6. The van der Waals surface area contributed by atoms with Crippen molar-refractivity contribution in [1.82, 2.24) is 9.38 Å². The summed E-state index contributed by atoms with van der Waals surface area (Å²) < 4.78 is 2.97. The molecule has 0 aliphatic rings. The first-order chi connectivity index (χ1) is 8.24. The summed E-state index contributed by atoms with van der Waals surface area (Å²) in [6.45, 7) is 0. The molecule has 2 heterocycles. The van der Waals surface area contributed by atoms with Crippen LogP contribution in [0, 0.1) is 0 Å². The van der Waals surface area contributed by atoms with Gasteiger partial charge in [-0.25, -0.2) is 4.98 Å². The Balaban J connectivity index is 2.22. The number of benzene rings is 1. The summed E-state index contributed by atoms with van der Waals surface area (Å²) in [5.41, 5.74) is 9.38. The van der Waals surface area contributed by atoms with Gasteiger partial charge in [-0.2, -0.15) is 0 Å². The van der Waals surface area contributed by atoms with Crippen molar-refractivity contribution in [2.24, 2.45) is 0 Å². The summed E-state index contributed by atoms with van der Waals surface area (Å²) in [4.78, 5) is 4.58. The molecule has 3 nitrogen and oxygen atoms in total. The summed E-state index contributed by atoms with van der Waals surface area (Å²) in [6, 6.07) is 11.7. The van der Waals surface area contributed by atoms with Crippen LogP contribution in [0.1, 0.15) is 0 Å². The van der Waals surface area contributed by atoms with Crippen molar-refractivity contribution in [1.29, 1.82) is 0 Å². The molecular weight excluding hydrogens is 278 g/mol. The highest BCUT2D eigenvalue weighted by Gasteiger charge is 2.06. The third kappa shape index (κ3) is 1.80. The van der Waals surface area contributed by atoms with E-state index in [0.29, 0.717) is 0 Å². The van der Waals surface area contributed by atoms with Crippen LogP contribution in [0.2, 0.25) is 0 Å². The van der Waals surface area contributed by atoms with Crippen molar-refractivity contribution >= 4 is 27.3 Å². The maximum absolute atomic E-state index is 5.78. The molecule has 0 bridgehead atoms. The van der Waals surface area contributed by atoms with Gasteiger partial charge in [0.25, 0.3) is 0 Å². The van der Waals surface area contributed by atoms with Gasteiger partial charge in [0.15, 0.2) is 5.65 Å². The SMILES string of the molecule is Nc1cccc(-c2cn3cccc(Br)c3n2)c1. The molecule has 0 unspecified atom stereocenters. The van der Waals surface area contributed by atoms with Crippen LogP contribution >= 0.6 is 15.9 Å². The number of pyridine rings is 1. The van der Waals surface area contributed by atoms with Crippen LogP contribution in [0.15, 0.2) is 53.3 Å². The van der Waals surface area contributed by atoms with Crippen LogP contribution in [0.4, 0.5) is 5.69 Å². The van der Waals surface area contributed by atoms with E-state index >= 15 is 0 Å². The molecule has 4 heteroatoms. The van der Waals surface area contributed by atoms with Gasteiger partial charge in [0.2, 0.25) is 0 Å². The van der Waals surface area contributed by atoms with Crippen molar-refractivity contribution in [3.05, 3.63) is 53.3 Å². The number of anilines is 1. The first-order valence-corrected chi connectivity index (χ1v) is 6.02. The van der Waals surface area contributed by atoms with Crippen molar-refractivity contribution in [3.8, 4) is 11.3 Å². The standard InChI is InChI=1S/C13H10BrN3/c14-11-5-2-6-17-8-12(16-13(11)17)9-3-1-4-10(15)7-9/h1-8H,15H2. The second kappa shape index (κ2) is 3.89. The monoisotopic (exact) mass is 287 g/mol. The molecule has 17 heavy (non-hydrogen) atoms. The summed E-state index contributed by atoms with van der Waals surface area (Å²) in [6.07, 6.45) is 3.97. The van der Waals surface area contributed by atoms with E-state index in [-0.39, 0.29) is 0 Å². The maximum atomic E-state index is 5.78. The molecule has 84 valence electrons. The minimum Gasteiger partial charge on any atom is -0.399 e. The van der Waals surface area contributed by atoms with Gasteiger partial charge >= 0.3 is 0 Å². The fourth-order valence-electron chi connectivity index (χ4n) is 1.82. The van der Waals surface area contributed by atoms with E-state index in [1.165, 1.54) is 0 Å². The Hall–Kier alpha value is -1.81. The smallest absolute Gasteiger partial charge is 0.151 e. The van der Waals surface area contributed by atoms with Crippen LogP contribution in [0.5, 0.6) is 0 Å². The number of nitrogen functional groups attached to an aromatic ring is 1. The van der Waals surface area contributed by atoms with Gasteiger partial charge in [-0.15, -0.1) is 0 Å². The first kappa shape index (κ1) is 10.4. The minimum absolute atomic E-state index is 0.749. The molecule has 1 aromatic carbocycles. The number of imidazole rings is 1. The van der Waals surface area contributed by atoms with Crippen molar-refractivity contribution < 1.29 is 0 Å². The Bertz CT molecular complexity index is 688. The van der Waals surface area contributed by atoms with Gasteiger partial charge < -0.3 is 10.1 Å². The van der Waals surface area contributed by atoms with Crippen LogP contribution < -0.4 is 5.73 Å². The molecule has 0 radical (unpaired) electrons. The summed E-state index contributed by atoms with van der Waals surface area (Å²) in [5.74, 6) is 0. The Labute approximate surface area is 107 Å². The second-order valence-electron chi connectivity index (χ2n) is 3.84. The molecule has 0 aliphatic heterocycles. The Morgan fingerprint density at radius 3 is 2.82 bits per heavy atom. The quantitative estimate of drug-likeness (QED) is 0.698. The second-order valence-corrected chi connectivity index (χ2v) is 4.69. The molecule has 0 aliphatic carbocycles. The number of aromatic nitrogens is 2. The average Bonchev–Trinajstić information content (AvgIpc) is 2.74. The zero-order chi connectivity index (χ0) is 11.8. The zero-order valence-electron chi connectivity index (χ0n) is 8.97. The lowest BCUT2D eigenvalue weighted by molar-refractivity contribution is 1.18. The number of hydrogen-bond donors (Lipinski definition) is 1. The fraction of sp³-hybridized carbons (Fsp3) is 0. The lowest BCUT2D eigenvalue weighted by atomic mass is 10.1. The summed E-state index contributed by atoms with van der Waals surface area (Å²) in [5, 5.41) is 0. The van der Waals surface area contributed by atoms with Crippen LogP contribution in [0.25, 0.3) is 16.9 Å². The van der Waals surface area contributed by atoms with Crippen molar-refractivity contribution in [3.63, 3.8) is 0 Å². The predicted molar refractivity (Wildman–Crippen MR) is 72.7 cm³/mol. The highest BCUT2D eigenvalue weighted by molar-refractivity contribution is 9.10.